The fraction of sp³-hybridized carbons (Fsp3) is 0.351. The maximum absolute atomic E-state index is 13.7. The number of imidazole rings is 2. The molecule has 18 heteroatoms. The van der Waals surface area contributed by atoms with E-state index in [1.165, 1.54) is 11.3 Å². The van der Waals surface area contributed by atoms with Crippen molar-refractivity contribution >= 4 is 62.2 Å². The van der Waals surface area contributed by atoms with E-state index >= 15 is 0 Å². The fourth-order valence-corrected chi connectivity index (χ4v) is 7.29. The van der Waals surface area contributed by atoms with Gasteiger partial charge in [0.1, 0.15) is 38.8 Å². The van der Waals surface area contributed by atoms with Crippen LogP contribution in [-0.4, -0.2) is 82.4 Å². The number of nitrogens with zero attached hydrogens (tertiary/aromatic N) is 8. The molecule has 0 bridgehead atoms. The van der Waals surface area contributed by atoms with Gasteiger partial charge in [-0.05, 0) is 78.0 Å². The molecule has 0 radical (unpaired) electrons. The number of carbonyl (C=O) groups excluding carboxylic acids is 4. The summed E-state index contributed by atoms with van der Waals surface area (Å²) in [4.78, 5) is 62.0. The lowest BCUT2D eigenvalue weighted by Gasteiger charge is -2.13. The van der Waals surface area contributed by atoms with Crippen molar-refractivity contribution in [3.05, 3.63) is 81.5 Å². The molecule has 0 atom stereocenters. The fourth-order valence-electron chi connectivity index (χ4n) is 6.34. The second-order valence-corrected chi connectivity index (χ2v) is 13.9. The zero-order valence-corrected chi connectivity index (χ0v) is 32.2. The predicted octanol–water partition coefficient (Wildman–Crippen LogP) is 3.62. The summed E-state index contributed by atoms with van der Waals surface area (Å²) in [6, 6.07) is 8.27. The number of amides is 3. The number of hydrogen-bond donors (Lipinski definition) is 4. The molecule has 1 aromatic carbocycles. The van der Waals surface area contributed by atoms with Gasteiger partial charge >= 0.3 is 0 Å². The predicted molar refractivity (Wildman–Crippen MR) is 209 cm³/mol. The number of benzene rings is 1. The molecule has 6 rings (SSSR count). The second-order valence-electron chi connectivity index (χ2n) is 12.9. The van der Waals surface area contributed by atoms with Gasteiger partial charge < -0.3 is 26.1 Å². The Morgan fingerprint density at radius 3 is 2.18 bits per heavy atom. The molecule has 288 valence electrons. The Hall–Kier alpha value is -6.14. The molecule has 55 heavy (non-hydrogen) atoms. The van der Waals surface area contributed by atoms with Crippen molar-refractivity contribution in [2.75, 3.05) is 25.5 Å². The molecule has 0 fully saturated rings. The highest BCUT2D eigenvalue weighted by molar-refractivity contribution is 7.20. The van der Waals surface area contributed by atoms with E-state index in [4.69, 9.17) is 21.2 Å². The number of hydrogen-bond acceptors (Lipinski definition) is 11. The zero-order valence-electron chi connectivity index (χ0n) is 31.4. The summed E-state index contributed by atoms with van der Waals surface area (Å²) in [5.74, 6) is -0.599. The Bertz CT molecular complexity index is 2450. The molecule has 5 aromatic heterocycles. The maximum atomic E-state index is 13.7. The van der Waals surface area contributed by atoms with Crippen molar-refractivity contribution < 1.29 is 23.9 Å². The summed E-state index contributed by atoms with van der Waals surface area (Å²) in [6.45, 7) is 10.1. The van der Waals surface area contributed by atoms with E-state index in [2.05, 4.69) is 25.8 Å². The lowest BCUT2D eigenvalue weighted by atomic mass is 10.1. The first kappa shape index (κ1) is 38.6. The van der Waals surface area contributed by atoms with Crippen LogP contribution in [-0.2, 0) is 32.6 Å². The number of ketones is 1. The van der Waals surface area contributed by atoms with Crippen LogP contribution in [0.4, 0.5) is 5.95 Å². The number of fused-ring (bicyclic) bond motifs is 2. The van der Waals surface area contributed by atoms with Gasteiger partial charge in [0.25, 0.3) is 11.8 Å². The SMILES string of the molecule is CCn1nc(C)cc1C(=O)Cc1nc2cc(C(N)=O)cc(OCCCNC)c2n1C/C=C/Cn1c(NC(=O)c2cc(C)nn2CC)nc2cc(C(N)=O)sc21. The van der Waals surface area contributed by atoms with Crippen LogP contribution in [0.2, 0.25) is 0 Å². The molecule has 0 saturated carbocycles. The summed E-state index contributed by atoms with van der Waals surface area (Å²) in [5, 5.41) is 14.8. The molecule has 6 N–H and O–H groups in total. The van der Waals surface area contributed by atoms with E-state index in [9.17, 15) is 19.2 Å². The highest BCUT2D eigenvalue weighted by Gasteiger charge is 2.23. The third kappa shape index (κ3) is 8.19. The molecule has 6 aromatic rings. The number of Topliss-reactive ketones (excluding diaryl/α,β-unsaturated/α-hetero) is 1. The van der Waals surface area contributed by atoms with Crippen LogP contribution in [0, 0.1) is 13.8 Å². The number of allylic oxidation sites excluding steroid dienone is 2. The van der Waals surface area contributed by atoms with Gasteiger partial charge in [0.05, 0.1) is 34.8 Å². The van der Waals surface area contributed by atoms with E-state index in [1.54, 1.807) is 44.3 Å². The number of nitrogens with two attached hydrogens (primary N) is 2. The maximum Gasteiger partial charge on any atom is 0.276 e. The molecule has 0 aliphatic rings. The smallest absolute Gasteiger partial charge is 0.276 e. The van der Waals surface area contributed by atoms with E-state index in [1.807, 2.05) is 51.5 Å². The Balaban J connectivity index is 1.36. The molecular weight excluding hydrogens is 725 g/mol. The summed E-state index contributed by atoms with van der Waals surface area (Å²) in [7, 11) is 1.85. The minimum atomic E-state index is -0.631. The molecule has 5 heterocycles. The number of thiophene rings is 1. The summed E-state index contributed by atoms with van der Waals surface area (Å²) < 4.78 is 13.2. The number of ether oxygens (including phenoxy) is 1. The summed E-state index contributed by atoms with van der Waals surface area (Å²) in [5.41, 5.74) is 15.4. The monoisotopic (exact) mass is 768 g/mol. The third-order valence-corrected chi connectivity index (χ3v) is 10.0. The van der Waals surface area contributed by atoms with Crippen LogP contribution in [0.3, 0.4) is 0 Å². The van der Waals surface area contributed by atoms with Crippen molar-refractivity contribution in [2.45, 2.75) is 66.7 Å². The Morgan fingerprint density at radius 1 is 0.855 bits per heavy atom. The third-order valence-electron chi connectivity index (χ3n) is 8.87. The van der Waals surface area contributed by atoms with Crippen LogP contribution in [0.1, 0.15) is 78.5 Å². The van der Waals surface area contributed by atoms with Gasteiger partial charge in [-0.3, -0.25) is 38.4 Å². The van der Waals surface area contributed by atoms with Crippen molar-refractivity contribution in [3.63, 3.8) is 0 Å². The van der Waals surface area contributed by atoms with E-state index < -0.39 is 11.8 Å². The molecule has 0 unspecified atom stereocenters. The lowest BCUT2D eigenvalue weighted by Crippen LogP contribution is -2.20. The molecule has 17 nitrogen and oxygen atoms in total. The molecule has 0 aliphatic heterocycles. The summed E-state index contributed by atoms with van der Waals surface area (Å²) >= 11 is 1.18. The molecule has 0 aliphatic carbocycles. The second kappa shape index (κ2) is 16.5. The number of rotatable bonds is 18. The van der Waals surface area contributed by atoms with Gasteiger partial charge in [-0.2, -0.15) is 10.2 Å². The first-order valence-electron chi connectivity index (χ1n) is 17.9. The van der Waals surface area contributed by atoms with E-state index in [0.29, 0.717) is 81.0 Å². The largest absolute Gasteiger partial charge is 0.491 e. The van der Waals surface area contributed by atoms with Crippen molar-refractivity contribution in [1.29, 1.82) is 0 Å². The van der Waals surface area contributed by atoms with Crippen LogP contribution in [0.25, 0.3) is 21.4 Å². The highest BCUT2D eigenvalue weighted by Crippen LogP contribution is 2.31. The number of anilines is 1. The Labute approximate surface area is 320 Å². The number of primary amides is 2. The van der Waals surface area contributed by atoms with Gasteiger partial charge in [0, 0.05) is 31.7 Å². The average molecular weight is 769 g/mol. The van der Waals surface area contributed by atoms with E-state index in [-0.39, 0.29) is 42.7 Å². The van der Waals surface area contributed by atoms with E-state index in [0.717, 1.165) is 12.2 Å². The molecular formula is C37H44N12O5S. The van der Waals surface area contributed by atoms with Crippen LogP contribution in [0.5, 0.6) is 5.75 Å². The summed E-state index contributed by atoms with van der Waals surface area (Å²) in [6.07, 6.45) is 4.45. The first-order chi connectivity index (χ1) is 26.4. The van der Waals surface area contributed by atoms with Gasteiger partial charge in [-0.1, -0.05) is 12.2 Å². The molecule has 0 spiro atoms. The Morgan fingerprint density at radius 2 is 1.53 bits per heavy atom. The zero-order chi connectivity index (χ0) is 39.4. The topological polar surface area (TPSA) is 225 Å². The molecule has 0 saturated heterocycles. The van der Waals surface area contributed by atoms with Crippen molar-refractivity contribution in [3.8, 4) is 5.75 Å². The van der Waals surface area contributed by atoms with Gasteiger partial charge in [-0.15, -0.1) is 11.3 Å². The number of nitrogens with one attached hydrogen (secondary N) is 2. The van der Waals surface area contributed by atoms with Crippen molar-refractivity contribution in [2.24, 2.45) is 11.5 Å². The minimum Gasteiger partial charge on any atom is -0.491 e. The highest BCUT2D eigenvalue weighted by atomic mass is 32.1. The van der Waals surface area contributed by atoms with Gasteiger partial charge in [0.15, 0.2) is 5.78 Å². The van der Waals surface area contributed by atoms with Crippen molar-refractivity contribution in [1.82, 2.24) is 44.0 Å². The first-order valence-corrected chi connectivity index (χ1v) is 18.7. The Kier molecular flexibility index (Phi) is 11.6. The normalized spacial score (nSPS) is 11.7. The standard InChI is InChI=1S/C37H44N12O5S/c1-6-48-26(15-21(3)44-48)28(50)20-31-41-24-17-23(33(38)51)18-29(54-14-10-11-40-5)32(24)46(31)12-8-9-13-47-36-25(19-30(55-36)34(39)52)42-37(47)43-35(53)27-16-22(4)45-49(27)7-2/h8-9,15-19,40H,6-7,10-14,20H2,1-5H3,(H2,38,51)(H2,39,52)(H,42,43,53)/b9-8+. The van der Waals surface area contributed by atoms with Crippen LogP contribution < -0.4 is 26.8 Å². The average Bonchev–Trinajstić information content (AvgIpc) is 3.97. The minimum absolute atomic E-state index is 0.0457. The number of carbonyl (C=O) groups is 4. The number of aryl methyl sites for hydroxylation is 4. The van der Waals surface area contributed by atoms with Crippen LogP contribution in [0.15, 0.2) is 42.5 Å². The van der Waals surface area contributed by atoms with Gasteiger partial charge in [0.2, 0.25) is 11.9 Å². The van der Waals surface area contributed by atoms with Crippen LogP contribution >= 0.6 is 11.3 Å². The lowest BCUT2D eigenvalue weighted by molar-refractivity contribution is 0.0975. The number of aromatic nitrogens is 8. The quantitative estimate of drug-likeness (QED) is 0.0565. The van der Waals surface area contributed by atoms with Gasteiger partial charge in [-0.25, -0.2) is 9.97 Å². The molecule has 3 amide bonds.